The summed E-state index contributed by atoms with van der Waals surface area (Å²) in [5.41, 5.74) is 0.719. The van der Waals surface area contributed by atoms with E-state index in [4.69, 9.17) is 50.1 Å². The van der Waals surface area contributed by atoms with Crippen LogP contribution in [0.2, 0.25) is 15.1 Å². The Morgan fingerprint density at radius 2 is 0.721 bits per heavy atom. The summed E-state index contributed by atoms with van der Waals surface area (Å²) in [6, 6.07) is 24.5. The van der Waals surface area contributed by atoms with E-state index in [1.165, 1.54) is 54.6 Å². The normalized spacial score (nSPS) is 10.4. The highest BCUT2D eigenvalue weighted by atomic mass is 35.5. The minimum Gasteiger partial charge on any atom is -0.508 e. The fraction of sp³-hybridized carbons (Fsp3) is 0.0250. The molecule has 6 aromatic rings. The fourth-order valence-corrected chi connectivity index (χ4v) is 5.28. The molecular formula is C40H32Cl3F3N6O9. The number of anilines is 6. The summed E-state index contributed by atoms with van der Waals surface area (Å²) >= 11 is 17.4. The predicted octanol–water partition coefficient (Wildman–Crippen LogP) is 11.2. The topological polar surface area (TPSA) is 245 Å². The third-order valence-electron chi connectivity index (χ3n) is 7.38. The van der Waals surface area contributed by atoms with Gasteiger partial charge in [-0.25, -0.2) is 14.4 Å². The molecule has 0 unspecified atom stereocenters. The maximum Gasteiger partial charge on any atom is 0.416 e. The highest BCUT2D eigenvalue weighted by Gasteiger charge is 2.30. The van der Waals surface area contributed by atoms with E-state index >= 15 is 0 Å². The van der Waals surface area contributed by atoms with Crippen LogP contribution in [0.3, 0.4) is 0 Å². The first-order valence-electron chi connectivity index (χ1n) is 16.9. The van der Waals surface area contributed by atoms with Gasteiger partial charge in [0.25, 0.3) is 0 Å². The summed E-state index contributed by atoms with van der Waals surface area (Å²) in [5, 5.41) is 71.9. The van der Waals surface area contributed by atoms with Crippen molar-refractivity contribution in [2.75, 3.05) is 31.9 Å². The minimum absolute atomic E-state index is 0.0437. The molecule has 0 radical (unpaired) electrons. The van der Waals surface area contributed by atoms with E-state index in [0.717, 1.165) is 42.5 Å². The molecule has 6 rings (SSSR count). The molecular weight excluding hydrogens is 872 g/mol. The molecule has 6 amide bonds. The lowest BCUT2D eigenvalue weighted by atomic mass is 10.2. The van der Waals surface area contributed by atoms with Crippen molar-refractivity contribution >= 4 is 87.0 Å². The van der Waals surface area contributed by atoms with Gasteiger partial charge < -0.3 is 62.5 Å². The number of phenolic OH excluding ortho intramolecular Hbond substituents is 6. The van der Waals surface area contributed by atoms with Crippen molar-refractivity contribution in [3.05, 3.63) is 142 Å². The van der Waals surface area contributed by atoms with Crippen LogP contribution >= 0.6 is 34.8 Å². The van der Waals surface area contributed by atoms with Crippen LogP contribution in [0.25, 0.3) is 0 Å². The lowest BCUT2D eigenvalue weighted by Gasteiger charge is -2.10. The van der Waals surface area contributed by atoms with Crippen LogP contribution in [0.1, 0.15) is 5.56 Å². The molecule has 0 aliphatic heterocycles. The zero-order valence-corrected chi connectivity index (χ0v) is 33.0. The van der Waals surface area contributed by atoms with E-state index in [9.17, 15) is 42.9 Å². The average Bonchev–Trinajstić information content (AvgIpc) is 3.16. The van der Waals surface area contributed by atoms with Crippen molar-refractivity contribution in [3.8, 4) is 34.5 Å². The summed E-state index contributed by atoms with van der Waals surface area (Å²) in [4.78, 5) is 35.1. The van der Waals surface area contributed by atoms with Crippen molar-refractivity contribution in [1.29, 1.82) is 0 Å². The summed E-state index contributed by atoms with van der Waals surface area (Å²) in [6.07, 6.45) is -4.45. The van der Waals surface area contributed by atoms with Crippen LogP contribution in [-0.4, -0.2) is 48.7 Å². The van der Waals surface area contributed by atoms with Crippen LogP contribution in [0.5, 0.6) is 34.5 Å². The predicted molar refractivity (Wildman–Crippen MR) is 227 cm³/mol. The second-order valence-electron chi connectivity index (χ2n) is 12.1. The number of carbonyl (C=O) groups is 3. The Morgan fingerprint density at radius 1 is 0.393 bits per heavy atom. The highest BCUT2D eigenvalue weighted by molar-refractivity contribution is 6.35. The Bertz CT molecular complexity index is 2480. The van der Waals surface area contributed by atoms with Gasteiger partial charge >= 0.3 is 24.3 Å². The SMILES string of the molecule is O=C(Nc1cc(Cl)cc(Cl)c1)Nc1ccc(O)cc1O.O=C(Nc1ccc(C(F)(F)F)cc1)Nc1ccc(O)cc1O.O=C(Nc1ccc(Cl)cc1)Nc1ccc(O)cc1O. The lowest BCUT2D eigenvalue weighted by Crippen LogP contribution is -2.19. The first-order chi connectivity index (χ1) is 28.7. The number of hydrogen-bond acceptors (Lipinski definition) is 9. The van der Waals surface area contributed by atoms with Crippen molar-refractivity contribution in [2.45, 2.75) is 6.18 Å². The van der Waals surface area contributed by atoms with Gasteiger partial charge in [0.2, 0.25) is 0 Å². The Balaban J connectivity index is 0.000000202. The van der Waals surface area contributed by atoms with E-state index in [0.29, 0.717) is 26.4 Å². The van der Waals surface area contributed by atoms with Gasteiger partial charge in [0, 0.05) is 50.3 Å². The van der Waals surface area contributed by atoms with Gasteiger partial charge in [-0.3, -0.25) is 0 Å². The van der Waals surface area contributed by atoms with Crippen LogP contribution in [0, 0.1) is 0 Å². The number of amides is 6. The fourth-order valence-electron chi connectivity index (χ4n) is 4.63. The molecule has 6 aromatic carbocycles. The molecule has 0 bridgehead atoms. The van der Waals surface area contributed by atoms with E-state index in [2.05, 4.69) is 31.9 Å². The van der Waals surface area contributed by atoms with Crippen molar-refractivity contribution < 1.29 is 58.2 Å². The Kier molecular flexibility index (Phi) is 16.0. The van der Waals surface area contributed by atoms with Gasteiger partial charge in [-0.2, -0.15) is 13.2 Å². The molecule has 0 saturated carbocycles. The summed E-state index contributed by atoms with van der Waals surface area (Å²) in [5.74, 6) is -1.17. The molecule has 15 nitrogen and oxygen atoms in total. The summed E-state index contributed by atoms with van der Waals surface area (Å²) in [7, 11) is 0. The molecule has 0 heterocycles. The second kappa shape index (κ2) is 21.0. The highest BCUT2D eigenvalue weighted by Crippen LogP contribution is 2.32. The molecule has 12 N–H and O–H groups in total. The van der Waals surface area contributed by atoms with Gasteiger partial charge in [-0.15, -0.1) is 0 Å². The number of nitrogens with one attached hydrogen (secondary N) is 6. The lowest BCUT2D eigenvalue weighted by molar-refractivity contribution is -0.137. The molecule has 0 atom stereocenters. The molecule has 0 fully saturated rings. The first-order valence-corrected chi connectivity index (χ1v) is 18.1. The molecule has 0 aliphatic carbocycles. The first kappa shape index (κ1) is 46.3. The molecule has 21 heteroatoms. The molecule has 61 heavy (non-hydrogen) atoms. The quantitative estimate of drug-likeness (QED) is 0.0561. The third-order valence-corrected chi connectivity index (χ3v) is 8.07. The number of hydrogen-bond donors (Lipinski definition) is 12. The van der Waals surface area contributed by atoms with Crippen molar-refractivity contribution in [2.24, 2.45) is 0 Å². The average molecular weight is 904 g/mol. The standard InChI is InChI=1S/C14H11F3N2O3.C13H10Cl2N2O3.C13H11ClN2O3/c15-14(16,17)8-1-3-9(4-2-8)18-13(22)19-11-6-5-10(20)7-12(11)21;14-7-3-8(15)5-9(4-7)16-13(20)17-11-2-1-10(18)6-12(11)19;14-8-1-3-9(4-2-8)15-13(19)16-11-6-5-10(17)7-12(11)18/h1-7,20-21H,(H2,18,19,22);1-6,18-19H,(H2,16,17,20);1-7,17-18H,(H2,15,16,19). The third kappa shape index (κ3) is 15.4. The van der Waals surface area contributed by atoms with Gasteiger partial charge in [-0.05, 0) is 103 Å². The molecule has 0 saturated heterocycles. The molecule has 0 aliphatic rings. The van der Waals surface area contributed by atoms with Crippen LogP contribution < -0.4 is 31.9 Å². The molecule has 0 spiro atoms. The van der Waals surface area contributed by atoms with E-state index in [1.807, 2.05) is 0 Å². The van der Waals surface area contributed by atoms with Crippen molar-refractivity contribution in [1.82, 2.24) is 0 Å². The number of rotatable bonds is 6. The zero-order chi connectivity index (χ0) is 44.9. The van der Waals surface area contributed by atoms with Crippen molar-refractivity contribution in [3.63, 3.8) is 0 Å². The Labute approximate surface area is 358 Å². The number of carbonyl (C=O) groups excluding carboxylic acids is 3. The number of aromatic hydroxyl groups is 6. The number of urea groups is 3. The summed E-state index contributed by atoms with van der Waals surface area (Å²) in [6.45, 7) is 0. The number of benzene rings is 6. The van der Waals surface area contributed by atoms with Crippen LogP contribution in [0.15, 0.2) is 121 Å². The number of alkyl halides is 3. The van der Waals surface area contributed by atoms with Crippen LogP contribution in [0.4, 0.5) is 61.7 Å². The Hall–Kier alpha value is -7.41. The number of phenols is 6. The Morgan fingerprint density at radius 3 is 1.05 bits per heavy atom. The molecule has 0 aromatic heterocycles. The summed E-state index contributed by atoms with van der Waals surface area (Å²) < 4.78 is 37.2. The van der Waals surface area contributed by atoms with Crippen LogP contribution in [-0.2, 0) is 6.18 Å². The minimum atomic E-state index is -4.45. The molecule has 318 valence electrons. The maximum absolute atomic E-state index is 12.4. The van der Waals surface area contributed by atoms with Gasteiger partial charge in [0.05, 0.1) is 22.6 Å². The van der Waals surface area contributed by atoms with E-state index in [1.54, 1.807) is 24.3 Å². The second-order valence-corrected chi connectivity index (χ2v) is 13.4. The zero-order valence-electron chi connectivity index (χ0n) is 30.7. The number of halogens is 6. The van der Waals surface area contributed by atoms with E-state index < -0.39 is 29.8 Å². The smallest absolute Gasteiger partial charge is 0.416 e. The monoisotopic (exact) mass is 902 g/mol. The largest absolute Gasteiger partial charge is 0.508 e. The van der Waals surface area contributed by atoms with E-state index in [-0.39, 0.29) is 57.2 Å². The van der Waals surface area contributed by atoms with Gasteiger partial charge in [0.1, 0.15) is 34.5 Å². The maximum atomic E-state index is 12.4. The van der Waals surface area contributed by atoms with Gasteiger partial charge in [0.15, 0.2) is 0 Å². The van der Waals surface area contributed by atoms with Gasteiger partial charge in [-0.1, -0.05) is 34.8 Å².